The van der Waals surface area contributed by atoms with Crippen LogP contribution in [0.15, 0.2) is 55.5 Å². The minimum atomic E-state index is 0.697. The van der Waals surface area contributed by atoms with Crippen LogP contribution in [0.3, 0.4) is 0 Å². The predicted molar refractivity (Wildman–Crippen MR) is 83.4 cm³/mol. The summed E-state index contributed by atoms with van der Waals surface area (Å²) >= 11 is 0. The Morgan fingerprint density at radius 3 is 2.91 bits per heavy atom. The Balaban J connectivity index is 1.73. The smallest absolute Gasteiger partial charge is 0.159 e. The van der Waals surface area contributed by atoms with Crippen molar-refractivity contribution in [2.24, 2.45) is 0 Å². The highest BCUT2D eigenvalue weighted by molar-refractivity contribution is 5.57. The topological polar surface area (TPSA) is 52.9 Å². The first-order chi connectivity index (χ1) is 10.8. The third kappa shape index (κ3) is 2.09. The first-order valence-corrected chi connectivity index (χ1v) is 7.29. The fourth-order valence-corrected chi connectivity index (χ4v) is 2.60. The summed E-state index contributed by atoms with van der Waals surface area (Å²) < 4.78 is 6.21. The lowest BCUT2D eigenvalue weighted by molar-refractivity contribution is 0.754. The van der Waals surface area contributed by atoms with Crippen LogP contribution in [0.4, 0.5) is 0 Å². The molecule has 6 nitrogen and oxygen atoms in total. The zero-order valence-corrected chi connectivity index (χ0v) is 12.3. The first kappa shape index (κ1) is 12.8. The lowest BCUT2D eigenvalue weighted by Crippen LogP contribution is -2.03. The molecule has 0 fully saturated rings. The van der Waals surface area contributed by atoms with E-state index in [1.54, 1.807) is 0 Å². The van der Waals surface area contributed by atoms with E-state index in [2.05, 4.69) is 37.2 Å². The van der Waals surface area contributed by atoms with Gasteiger partial charge in [0.15, 0.2) is 5.82 Å². The Morgan fingerprint density at radius 2 is 2.05 bits per heavy atom. The minimum Gasteiger partial charge on any atom is -0.337 e. The summed E-state index contributed by atoms with van der Waals surface area (Å²) in [5.41, 5.74) is 2.92. The number of aromatic nitrogens is 6. The summed E-state index contributed by atoms with van der Waals surface area (Å²) in [5, 5.41) is 0. The number of aryl methyl sites for hydroxylation is 1. The van der Waals surface area contributed by atoms with E-state index in [9.17, 15) is 0 Å². The van der Waals surface area contributed by atoms with Crippen LogP contribution in [0.5, 0.6) is 0 Å². The van der Waals surface area contributed by atoms with Gasteiger partial charge >= 0.3 is 0 Å². The van der Waals surface area contributed by atoms with Gasteiger partial charge < -0.3 is 9.13 Å². The van der Waals surface area contributed by atoms with Gasteiger partial charge in [-0.2, -0.15) is 0 Å². The maximum atomic E-state index is 4.50. The number of fused-ring (bicyclic) bond motifs is 1. The van der Waals surface area contributed by atoms with Crippen molar-refractivity contribution in [2.45, 2.75) is 20.0 Å². The average molecular weight is 292 g/mol. The average Bonchev–Trinajstić information content (AvgIpc) is 3.26. The van der Waals surface area contributed by atoms with Crippen molar-refractivity contribution >= 4 is 5.65 Å². The summed E-state index contributed by atoms with van der Waals surface area (Å²) in [6.07, 6.45) is 11.6. The van der Waals surface area contributed by atoms with Crippen molar-refractivity contribution in [1.82, 2.24) is 28.5 Å². The Bertz CT molecular complexity index is 913. The van der Waals surface area contributed by atoms with Crippen molar-refractivity contribution in [3.05, 3.63) is 61.2 Å². The molecular weight excluding hydrogens is 276 g/mol. The lowest BCUT2D eigenvalue weighted by atomic mass is 10.4. The van der Waals surface area contributed by atoms with Crippen LogP contribution in [-0.4, -0.2) is 28.5 Å². The lowest BCUT2D eigenvalue weighted by Gasteiger charge is -2.06. The number of hydrogen-bond acceptors (Lipinski definition) is 3. The monoisotopic (exact) mass is 292 g/mol. The number of hydrogen-bond donors (Lipinski definition) is 0. The van der Waals surface area contributed by atoms with E-state index in [0.29, 0.717) is 6.54 Å². The summed E-state index contributed by atoms with van der Waals surface area (Å²) in [6.45, 7) is 3.73. The summed E-state index contributed by atoms with van der Waals surface area (Å²) in [4.78, 5) is 13.4. The van der Waals surface area contributed by atoms with Gasteiger partial charge in [-0.15, -0.1) is 0 Å². The van der Waals surface area contributed by atoms with Gasteiger partial charge in [-0.25, -0.2) is 15.0 Å². The Morgan fingerprint density at radius 1 is 1.09 bits per heavy atom. The summed E-state index contributed by atoms with van der Waals surface area (Å²) in [5.74, 6) is 0.893. The molecule has 4 heterocycles. The van der Waals surface area contributed by atoms with Gasteiger partial charge in [-0.1, -0.05) is 6.07 Å². The molecule has 0 saturated heterocycles. The van der Waals surface area contributed by atoms with Crippen LogP contribution in [0.2, 0.25) is 0 Å². The highest BCUT2D eigenvalue weighted by atomic mass is 15.1. The number of pyridine rings is 1. The Labute approximate surface area is 127 Å². The van der Waals surface area contributed by atoms with Gasteiger partial charge in [0.05, 0.1) is 24.8 Å². The fraction of sp³-hybridized carbons (Fsp3) is 0.188. The summed E-state index contributed by atoms with van der Waals surface area (Å²) in [7, 11) is 0. The maximum Gasteiger partial charge on any atom is 0.159 e. The van der Waals surface area contributed by atoms with Gasteiger partial charge in [-0.05, 0) is 19.1 Å². The number of rotatable bonds is 4. The van der Waals surface area contributed by atoms with Gasteiger partial charge in [-0.3, -0.25) is 4.40 Å². The molecule has 0 aliphatic rings. The molecule has 6 heteroatoms. The molecule has 22 heavy (non-hydrogen) atoms. The van der Waals surface area contributed by atoms with Crippen molar-refractivity contribution < 1.29 is 0 Å². The molecule has 0 N–H and O–H groups in total. The van der Waals surface area contributed by atoms with E-state index in [-0.39, 0.29) is 0 Å². The molecule has 0 aromatic carbocycles. The Hall–Kier alpha value is -2.89. The zero-order chi connectivity index (χ0) is 14.9. The molecule has 0 saturated carbocycles. The van der Waals surface area contributed by atoms with Crippen LogP contribution in [0, 0.1) is 0 Å². The van der Waals surface area contributed by atoms with Crippen molar-refractivity contribution in [3.63, 3.8) is 0 Å². The van der Waals surface area contributed by atoms with E-state index in [4.69, 9.17) is 0 Å². The first-order valence-electron chi connectivity index (χ1n) is 7.29. The maximum absolute atomic E-state index is 4.50. The molecule has 0 spiro atoms. The quantitative estimate of drug-likeness (QED) is 0.580. The molecule has 0 bridgehead atoms. The van der Waals surface area contributed by atoms with E-state index in [1.165, 1.54) is 0 Å². The molecule has 0 aliphatic carbocycles. The van der Waals surface area contributed by atoms with Gasteiger partial charge in [0.2, 0.25) is 0 Å². The van der Waals surface area contributed by atoms with Gasteiger partial charge in [0, 0.05) is 31.3 Å². The van der Waals surface area contributed by atoms with Crippen molar-refractivity contribution in [2.75, 3.05) is 0 Å². The summed E-state index contributed by atoms with van der Waals surface area (Å²) in [6, 6.07) is 5.96. The molecule has 0 radical (unpaired) electrons. The van der Waals surface area contributed by atoms with Gasteiger partial charge in [0.25, 0.3) is 0 Å². The predicted octanol–water partition coefficient (Wildman–Crippen LogP) is 2.46. The number of nitrogens with zero attached hydrogens (tertiary/aromatic N) is 6. The van der Waals surface area contributed by atoms with E-state index in [1.807, 2.05) is 53.7 Å². The second kappa shape index (κ2) is 5.14. The highest BCUT2D eigenvalue weighted by Crippen LogP contribution is 2.19. The molecule has 0 aliphatic heterocycles. The van der Waals surface area contributed by atoms with Crippen molar-refractivity contribution in [3.8, 4) is 11.5 Å². The van der Waals surface area contributed by atoms with Crippen LogP contribution in [0.1, 0.15) is 12.6 Å². The molecule has 4 rings (SSSR count). The third-order valence-corrected chi connectivity index (χ3v) is 3.75. The zero-order valence-electron chi connectivity index (χ0n) is 12.3. The standard InChI is InChI=1S/C16H16N6/c1-2-20-10-13(19-12-20)11-21-8-6-17-16(21)14-9-18-15-5-3-4-7-22(14)15/h3-10,12H,2,11H2,1H3. The van der Waals surface area contributed by atoms with Crippen LogP contribution >= 0.6 is 0 Å². The van der Waals surface area contributed by atoms with Crippen molar-refractivity contribution in [1.29, 1.82) is 0 Å². The van der Waals surface area contributed by atoms with Gasteiger partial charge in [0.1, 0.15) is 11.3 Å². The SMILES string of the molecule is CCn1cnc(Cn2ccnc2-c2cnc3ccccn23)c1. The highest BCUT2D eigenvalue weighted by Gasteiger charge is 2.12. The normalized spacial score (nSPS) is 11.3. The molecule has 4 aromatic rings. The van der Waals surface area contributed by atoms with E-state index in [0.717, 1.165) is 29.4 Å². The van der Waals surface area contributed by atoms with E-state index >= 15 is 0 Å². The second-order valence-corrected chi connectivity index (χ2v) is 5.15. The third-order valence-electron chi connectivity index (χ3n) is 3.75. The Kier molecular flexibility index (Phi) is 3.00. The van der Waals surface area contributed by atoms with Crippen LogP contribution < -0.4 is 0 Å². The molecular formula is C16H16N6. The van der Waals surface area contributed by atoms with Crippen LogP contribution in [-0.2, 0) is 13.1 Å². The molecule has 0 atom stereocenters. The largest absolute Gasteiger partial charge is 0.337 e. The van der Waals surface area contributed by atoms with E-state index < -0.39 is 0 Å². The van der Waals surface area contributed by atoms with Crippen LogP contribution in [0.25, 0.3) is 17.2 Å². The number of imidazole rings is 3. The molecule has 0 unspecified atom stereocenters. The molecule has 0 amide bonds. The molecule has 110 valence electrons. The fourth-order valence-electron chi connectivity index (χ4n) is 2.60. The molecule has 4 aromatic heterocycles. The minimum absolute atomic E-state index is 0.697. The second-order valence-electron chi connectivity index (χ2n) is 5.15.